The van der Waals surface area contributed by atoms with Gasteiger partial charge < -0.3 is 34.8 Å². The molecule has 2 amide bonds. The van der Waals surface area contributed by atoms with Gasteiger partial charge in [-0.3, -0.25) is 19.2 Å². The molecule has 42 heavy (non-hydrogen) atoms. The lowest BCUT2D eigenvalue weighted by atomic mass is 9.99. The number of carboxylic acid groups (broad SMARTS) is 2. The quantitative estimate of drug-likeness (QED) is 0.161. The third kappa shape index (κ3) is 5.77. The number of hydrogen-bond donors (Lipinski definition) is 5. The van der Waals surface area contributed by atoms with Gasteiger partial charge in [-0.25, -0.2) is 14.6 Å². The van der Waals surface area contributed by atoms with E-state index in [4.69, 9.17) is 4.42 Å². The molecule has 4 aromatic rings. The van der Waals surface area contributed by atoms with E-state index in [0.717, 1.165) is 12.1 Å². The molecule has 0 radical (unpaired) electrons. The van der Waals surface area contributed by atoms with E-state index in [9.17, 15) is 39.0 Å². The molecule has 0 aliphatic heterocycles. The average molecular weight is 580 g/mol. The van der Waals surface area contributed by atoms with Gasteiger partial charge in [-0.1, -0.05) is 13.3 Å². The molecule has 14 heteroatoms. The van der Waals surface area contributed by atoms with Gasteiger partial charge in [-0.15, -0.1) is 0 Å². The van der Waals surface area contributed by atoms with E-state index in [1.165, 1.54) is 30.1 Å². The number of aromatic carboxylic acids is 1. The monoisotopic (exact) mass is 579 g/mol. The van der Waals surface area contributed by atoms with Gasteiger partial charge in [0.1, 0.15) is 23.4 Å². The SMILES string of the molecule is CCCc1c2oc(C(=O)NC(C)C(=O)NC(Cc3cnc[nH]3)C(=O)O)cc(=O)c2cc2c(=O)cc(C(=O)O)n(CC)c12. The number of H-pyrrole nitrogens is 1. The molecule has 2 unspecified atom stereocenters. The van der Waals surface area contributed by atoms with Crippen LogP contribution >= 0.6 is 0 Å². The highest BCUT2D eigenvalue weighted by atomic mass is 16.4. The van der Waals surface area contributed by atoms with Crippen molar-refractivity contribution in [1.29, 1.82) is 0 Å². The summed E-state index contributed by atoms with van der Waals surface area (Å²) in [5.74, 6) is -4.70. The fraction of sp³-hybridized carbons (Fsp3) is 0.321. The lowest BCUT2D eigenvalue weighted by molar-refractivity contribution is -0.142. The molecule has 1 aromatic carbocycles. The van der Waals surface area contributed by atoms with Gasteiger partial charge in [0.2, 0.25) is 5.91 Å². The summed E-state index contributed by atoms with van der Waals surface area (Å²) < 4.78 is 7.34. The Bertz CT molecular complexity index is 1820. The predicted molar refractivity (Wildman–Crippen MR) is 150 cm³/mol. The maximum absolute atomic E-state index is 13.1. The van der Waals surface area contributed by atoms with Gasteiger partial charge >= 0.3 is 11.9 Å². The largest absolute Gasteiger partial charge is 0.480 e. The zero-order valence-electron chi connectivity index (χ0n) is 23.0. The second kappa shape index (κ2) is 12.1. The van der Waals surface area contributed by atoms with Crippen LogP contribution in [-0.4, -0.2) is 60.6 Å². The number of fused-ring (bicyclic) bond motifs is 2. The molecule has 4 rings (SSSR count). The lowest BCUT2D eigenvalue weighted by Crippen LogP contribution is -2.51. The summed E-state index contributed by atoms with van der Waals surface area (Å²) in [7, 11) is 0. The van der Waals surface area contributed by atoms with Crippen molar-refractivity contribution in [3.8, 4) is 0 Å². The van der Waals surface area contributed by atoms with Crippen LogP contribution in [0.25, 0.3) is 21.9 Å². The van der Waals surface area contributed by atoms with Crippen molar-refractivity contribution in [3.63, 3.8) is 0 Å². The highest BCUT2D eigenvalue weighted by Crippen LogP contribution is 2.28. The molecule has 0 aliphatic rings. The zero-order chi connectivity index (χ0) is 30.7. The third-order valence-electron chi connectivity index (χ3n) is 6.78. The highest BCUT2D eigenvalue weighted by Gasteiger charge is 2.27. The number of imidazole rings is 1. The maximum Gasteiger partial charge on any atom is 0.352 e. The number of pyridine rings is 1. The van der Waals surface area contributed by atoms with E-state index < -0.39 is 52.5 Å². The van der Waals surface area contributed by atoms with Crippen LogP contribution in [0.2, 0.25) is 0 Å². The number of hydrogen-bond acceptors (Lipinski definition) is 8. The molecule has 0 spiro atoms. The van der Waals surface area contributed by atoms with Crippen LogP contribution in [-0.2, 0) is 29.0 Å². The zero-order valence-corrected chi connectivity index (χ0v) is 23.0. The predicted octanol–water partition coefficient (Wildman–Crippen LogP) is 1.43. The number of carbonyl (C=O) groups is 4. The Kier molecular flexibility index (Phi) is 8.54. The van der Waals surface area contributed by atoms with Gasteiger partial charge in [-0.05, 0) is 26.3 Å². The van der Waals surface area contributed by atoms with Crippen LogP contribution < -0.4 is 21.5 Å². The molecule has 2 atom stereocenters. The molecule has 0 saturated carbocycles. The molecule has 0 bridgehead atoms. The van der Waals surface area contributed by atoms with E-state index in [0.29, 0.717) is 29.6 Å². The lowest BCUT2D eigenvalue weighted by Gasteiger charge is -2.19. The van der Waals surface area contributed by atoms with Crippen molar-refractivity contribution in [2.24, 2.45) is 0 Å². The number of carboxylic acids is 2. The Morgan fingerprint density at radius 1 is 1.05 bits per heavy atom. The van der Waals surface area contributed by atoms with Gasteiger partial charge in [-0.2, -0.15) is 0 Å². The third-order valence-corrected chi connectivity index (χ3v) is 6.78. The van der Waals surface area contributed by atoms with Crippen molar-refractivity contribution in [2.75, 3.05) is 0 Å². The maximum atomic E-state index is 13.1. The second-order valence-electron chi connectivity index (χ2n) is 9.67. The van der Waals surface area contributed by atoms with Crippen LogP contribution in [0.1, 0.15) is 59.5 Å². The molecule has 3 aromatic heterocycles. The number of benzene rings is 1. The summed E-state index contributed by atoms with van der Waals surface area (Å²) in [5, 5.41) is 24.2. The fourth-order valence-electron chi connectivity index (χ4n) is 4.79. The molecular formula is C28H29N5O9. The molecule has 5 N–H and O–H groups in total. The topological polar surface area (TPSA) is 214 Å². The van der Waals surface area contributed by atoms with Crippen molar-refractivity contribution in [1.82, 2.24) is 25.2 Å². The average Bonchev–Trinajstić information content (AvgIpc) is 3.46. The van der Waals surface area contributed by atoms with Gasteiger partial charge in [0.25, 0.3) is 5.91 Å². The summed E-state index contributed by atoms with van der Waals surface area (Å²) in [6, 6.07) is 0.769. The van der Waals surface area contributed by atoms with Gasteiger partial charge in [0.05, 0.1) is 17.2 Å². The van der Waals surface area contributed by atoms with Gasteiger partial charge in [0.15, 0.2) is 16.6 Å². The fourth-order valence-corrected chi connectivity index (χ4v) is 4.79. The molecule has 0 saturated heterocycles. The van der Waals surface area contributed by atoms with Crippen molar-refractivity contribution < 1.29 is 33.8 Å². The van der Waals surface area contributed by atoms with Crippen LogP contribution in [0.4, 0.5) is 0 Å². The number of aromatic nitrogens is 3. The number of aromatic amines is 1. The second-order valence-corrected chi connectivity index (χ2v) is 9.67. The Hall–Kier alpha value is -5.27. The van der Waals surface area contributed by atoms with Crippen LogP contribution in [0.5, 0.6) is 0 Å². The summed E-state index contributed by atoms with van der Waals surface area (Å²) in [6.07, 6.45) is 3.58. The minimum Gasteiger partial charge on any atom is -0.480 e. The number of aryl methyl sites for hydroxylation is 2. The first-order chi connectivity index (χ1) is 20.0. The summed E-state index contributed by atoms with van der Waals surface area (Å²) in [5.41, 5.74) is -0.220. The molecule has 0 aliphatic carbocycles. The first kappa shape index (κ1) is 29.7. The normalized spacial score (nSPS) is 12.6. The first-order valence-electron chi connectivity index (χ1n) is 13.2. The number of amides is 2. The van der Waals surface area contributed by atoms with E-state index in [1.54, 1.807) is 6.92 Å². The van der Waals surface area contributed by atoms with E-state index >= 15 is 0 Å². The number of carbonyl (C=O) groups excluding carboxylic acids is 2. The molecule has 14 nitrogen and oxygen atoms in total. The number of rotatable bonds is 11. The summed E-state index contributed by atoms with van der Waals surface area (Å²) in [4.78, 5) is 82.0. The smallest absolute Gasteiger partial charge is 0.352 e. The minimum atomic E-state index is -1.30. The number of nitrogens with one attached hydrogen (secondary N) is 3. The standard InChI is InChI=1S/C28H29N5O9/c1-4-6-15-23-16(20(34)9-19(28(40)41)33(23)5-2)8-17-21(35)10-22(42-24(15)17)26(37)31-13(3)25(36)32-18(27(38)39)7-14-11-29-12-30-14/h8-13,18H,4-7H2,1-3H3,(H,29,30)(H,31,37)(H,32,36)(H,38,39)(H,40,41). The van der Waals surface area contributed by atoms with Crippen LogP contribution in [0, 0.1) is 0 Å². The molecule has 220 valence electrons. The van der Waals surface area contributed by atoms with E-state index in [1.807, 2.05) is 6.92 Å². The Morgan fingerprint density at radius 3 is 2.36 bits per heavy atom. The highest BCUT2D eigenvalue weighted by molar-refractivity contribution is 6.02. The van der Waals surface area contributed by atoms with E-state index in [-0.39, 0.29) is 35.0 Å². The van der Waals surface area contributed by atoms with Crippen molar-refractivity contribution in [2.45, 2.75) is 58.7 Å². The first-order valence-corrected chi connectivity index (χ1v) is 13.2. The Labute approximate surface area is 237 Å². The molecule has 0 fully saturated rings. The number of aliphatic carboxylic acids is 1. The van der Waals surface area contributed by atoms with E-state index in [2.05, 4.69) is 20.6 Å². The van der Waals surface area contributed by atoms with Crippen molar-refractivity contribution >= 4 is 45.6 Å². The summed E-state index contributed by atoms with van der Waals surface area (Å²) in [6.45, 7) is 5.11. The minimum absolute atomic E-state index is 0.0220. The van der Waals surface area contributed by atoms with Crippen LogP contribution in [0.3, 0.4) is 0 Å². The molecular weight excluding hydrogens is 550 g/mol. The van der Waals surface area contributed by atoms with Crippen LogP contribution in [0.15, 0.2) is 44.7 Å². The Balaban J connectivity index is 1.72. The number of nitrogens with zero attached hydrogens (tertiary/aromatic N) is 2. The summed E-state index contributed by atoms with van der Waals surface area (Å²) >= 11 is 0. The van der Waals surface area contributed by atoms with Crippen molar-refractivity contribution in [3.05, 3.63) is 73.9 Å². The van der Waals surface area contributed by atoms with Gasteiger partial charge in [0, 0.05) is 47.9 Å². The molecule has 3 heterocycles. The Morgan fingerprint density at radius 2 is 1.76 bits per heavy atom.